The zero-order valence-electron chi connectivity index (χ0n) is 19.9. The van der Waals surface area contributed by atoms with Crippen LogP contribution in [-0.4, -0.2) is 33.5 Å². The number of rotatable bonds is 8. The number of nitrogens with zero attached hydrogens (tertiary/aromatic N) is 3. The molecule has 0 spiro atoms. The molecule has 0 bridgehead atoms. The summed E-state index contributed by atoms with van der Waals surface area (Å²) in [5, 5.41) is 14.6. The molecule has 0 saturated heterocycles. The minimum atomic E-state index is -0.449. The zero-order valence-corrected chi connectivity index (χ0v) is 20.7. The van der Waals surface area contributed by atoms with Gasteiger partial charge in [0.25, 0.3) is 17.2 Å². The summed E-state index contributed by atoms with van der Waals surface area (Å²) < 4.78 is 6.84. The first kappa shape index (κ1) is 24.9. The second kappa shape index (κ2) is 10.6. The monoisotopic (exact) mass is 504 g/mol. The fourth-order valence-corrected chi connectivity index (χ4v) is 4.56. The van der Waals surface area contributed by atoms with Gasteiger partial charge in [0.05, 0.1) is 28.6 Å². The van der Waals surface area contributed by atoms with Gasteiger partial charge >= 0.3 is 0 Å². The van der Waals surface area contributed by atoms with E-state index in [-0.39, 0.29) is 23.2 Å². The third-order valence-electron chi connectivity index (χ3n) is 5.35. The van der Waals surface area contributed by atoms with Crippen molar-refractivity contribution in [2.24, 2.45) is 0 Å². The molecule has 9 nitrogen and oxygen atoms in total. The van der Waals surface area contributed by atoms with E-state index in [9.17, 15) is 19.7 Å². The van der Waals surface area contributed by atoms with Gasteiger partial charge in [-0.1, -0.05) is 30.0 Å². The molecule has 0 atom stereocenters. The first-order valence-electron chi connectivity index (χ1n) is 11.1. The van der Waals surface area contributed by atoms with Crippen LogP contribution >= 0.6 is 11.8 Å². The normalized spacial score (nSPS) is 11.0. The lowest BCUT2D eigenvalue weighted by Crippen LogP contribution is -2.30. The summed E-state index contributed by atoms with van der Waals surface area (Å²) in [5.74, 6) is 0.769. The van der Waals surface area contributed by atoms with E-state index < -0.39 is 4.92 Å². The van der Waals surface area contributed by atoms with Crippen LogP contribution < -0.4 is 15.6 Å². The molecule has 1 N–H and O–H groups in total. The number of fused-ring (bicyclic) bond motifs is 1. The topological polar surface area (TPSA) is 116 Å². The predicted molar refractivity (Wildman–Crippen MR) is 139 cm³/mol. The Morgan fingerprint density at radius 3 is 2.56 bits per heavy atom. The fourth-order valence-electron chi connectivity index (χ4n) is 3.59. The van der Waals surface area contributed by atoms with Gasteiger partial charge < -0.3 is 10.1 Å². The summed E-state index contributed by atoms with van der Waals surface area (Å²) in [6.45, 7) is 3.74. The number of benzene rings is 3. The Balaban J connectivity index is 1.80. The second-order valence-corrected chi connectivity index (χ2v) is 9.25. The van der Waals surface area contributed by atoms with Crippen molar-refractivity contribution >= 4 is 34.3 Å². The Morgan fingerprint density at radius 1 is 1.14 bits per heavy atom. The second-order valence-electron chi connectivity index (χ2n) is 8.31. The maximum absolute atomic E-state index is 13.6. The number of hydrogen-bond donors (Lipinski definition) is 1. The number of carbonyl (C=O) groups excluding carboxylic acids is 1. The molecule has 3 aromatic carbocycles. The SMILES string of the molecule is COc1cccc(-n2c(SCc3ccc([N+](=O)[O-])cc3)nc3cc(C(=O)NC(C)C)ccc3c2=O)c1. The van der Waals surface area contributed by atoms with Gasteiger partial charge in [-0.2, -0.15) is 0 Å². The van der Waals surface area contributed by atoms with Crippen LogP contribution in [0.3, 0.4) is 0 Å². The third kappa shape index (κ3) is 5.38. The number of carbonyl (C=O) groups is 1. The number of nitrogens with one attached hydrogen (secondary N) is 1. The molecule has 36 heavy (non-hydrogen) atoms. The summed E-state index contributed by atoms with van der Waals surface area (Å²) in [5.41, 5.74) is 1.96. The van der Waals surface area contributed by atoms with Crippen LogP contribution in [0, 0.1) is 10.1 Å². The van der Waals surface area contributed by atoms with Gasteiger partial charge in [-0.25, -0.2) is 4.98 Å². The summed E-state index contributed by atoms with van der Waals surface area (Å²) in [6, 6.07) is 18.1. The summed E-state index contributed by atoms with van der Waals surface area (Å²) in [7, 11) is 1.55. The van der Waals surface area contributed by atoms with Gasteiger partial charge in [0.1, 0.15) is 5.75 Å². The van der Waals surface area contributed by atoms with Crippen LogP contribution in [0.25, 0.3) is 16.6 Å². The first-order chi connectivity index (χ1) is 17.3. The number of amides is 1. The average Bonchev–Trinajstić information content (AvgIpc) is 2.87. The average molecular weight is 505 g/mol. The molecule has 0 saturated carbocycles. The van der Waals surface area contributed by atoms with E-state index in [1.165, 1.54) is 28.5 Å². The molecule has 0 aliphatic carbocycles. The highest BCUT2D eigenvalue weighted by atomic mass is 32.2. The van der Waals surface area contributed by atoms with Crippen molar-refractivity contribution in [2.45, 2.75) is 30.8 Å². The minimum absolute atomic E-state index is 0.00747. The van der Waals surface area contributed by atoms with Crippen molar-refractivity contribution in [1.29, 1.82) is 0 Å². The Morgan fingerprint density at radius 2 is 1.89 bits per heavy atom. The Hall–Kier alpha value is -4.18. The van der Waals surface area contributed by atoms with E-state index in [1.807, 2.05) is 13.8 Å². The number of methoxy groups -OCH3 is 1. The molecule has 0 aliphatic rings. The van der Waals surface area contributed by atoms with Crippen molar-refractivity contribution in [3.63, 3.8) is 0 Å². The van der Waals surface area contributed by atoms with Crippen molar-refractivity contribution in [2.75, 3.05) is 7.11 Å². The van der Waals surface area contributed by atoms with Gasteiger partial charge in [0, 0.05) is 35.6 Å². The Labute approximate surface area is 211 Å². The molecule has 4 rings (SSSR count). The van der Waals surface area contributed by atoms with Crippen molar-refractivity contribution in [1.82, 2.24) is 14.9 Å². The van der Waals surface area contributed by atoms with Gasteiger partial charge in [-0.05, 0) is 49.7 Å². The minimum Gasteiger partial charge on any atom is -0.497 e. The van der Waals surface area contributed by atoms with Gasteiger partial charge in [0.2, 0.25) is 0 Å². The van der Waals surface area contributed by atoms with E-state index in [0.717, 1.165) is 5.56 Å². The predicted octanol–water partition coefficient (Wildman–Crippen LogP) is 4.73. The third-order valence-corrected chi connectivity index (χ3v) is 6.36. The van der Waals surface area contributed by atoms with E-state index in [0.29, 0.717) is 38.8 Å². The summed E-state index contributed by atoms with van der Waals surface area (Å²) >= 11 is 1.32. The fraction of sp³-hybridized carbons (Fsp3) is 0.192. The van der Waals surface area contributed by atoms with Gasteiger partial charge in [-0.3, -0.25) is 24.3 Å². The molecular formula is C26H24N4O5S. The molecule has 0 fully saturated rings. The number of ether oxygens (including phenoxy) is 1. The van der Waals surface area contributed by atoms with Crippen LogP contribution in [-0.2, 0) is 5.75 Å². The molecule has 0 radical (unpaired) electrons. The molecular weight excluding hydrogens is 480 g/mol. The largest absolute Gasteiger partial charge is 0.497 e. The number of hydrogen-bond acceptors (Lipinski definition) is 7. The molecule has 1 heterocycles. The number of nitro groups is 1. The number of nitro benzene ring substituents is 1. The lowest BCUT2D eigenvalue weighted by Gasteiger charge is -2.15. The quantitative estimate of drug-likeness (QED) is 0.160. The van der Waals surface area contributed by atoms with E-state index in [1.54, 1.807) is 61.7 Å². The molecule has 4 aromatic rings. The first-order valence-corrected chi connectivity index (χ1v) is 12.1. The molecule has 1 aromatic heterocycles. The van der Waals surface area contributed by atoms with Crippen LogP contribution in [0.2, 0.25) is 0 Å². The van der Waals surface area contributed by atoms with Crippen LogP contribution in [0.1, 0.15) is 29.8 Å². The van der Waals surface area contributed by atoms with Gasteiger partial charge in [-0.15, -0.1) is 0 Å². The Kier molecular flexibility index (Phi) is 7.35. The number of non-ortho nitro benzene ring substituents is 1. The van der Waals surface area contributed by atoms with Crippen molar-refractivity contribution < 1.29 is 14.5 Å². The Bertz CT molecular complexity index is 1500. The highest BCUT2D eigenvalue weighted by molar-refractivity contribution is 7.98. The van der Waals surface area contributed by atoms with E-state index in [4.69, 9.17) is 9.72 Å². The van der Waals surface area contributed by atoms with Gasteiger partial charge in [0.15, 0.2) is 5.16 Å². The standard InChI is InChI=1S/C26H24N4O5S/c1-16(2)27-24(31)18-9-12-22-23(13-18)28-26(36-15-17-7-10-19(11-8-17)30(33)34)29(25(22)32)20-5-4-6-21(14-20)35-3/h4-14,16H,15H2,1-3H3,(H,27,31). The van der Waals surface area contributed by atoms with Crippen molar-refractivity contribution in [3.8, 4) is 11.4 Å². The number of thioether (sulfide) groups is 1. The summed E-state index contributed by atoms with van der Waals surface area (Å²) in [6.07, 6.45) is 0. The zero-order chi connectivity index (χ0) is 25.8. The van der Waals surface area contributed by atoms with E-state index in [2.05, 4.69) is 5.32 Å². The number of aromatic nitrogens is 2. The van der Waals surface area contributed by atoms with Crippen LogP contribution in [0.4, 0.5) is 5.69 Å². The maximum atomic E-state index is 13.6. The van der Waals surface area contributed by atoms with Crippen LogP contribution in [0.5, 0.6) is 5.75 Å². The highest BCUT2D eigenvalue weighted by Gasteiger charge is 2.17. The smallest absolute Gasteiger partial charge is 0.269 e. The van der Waals surface area contributed by atoms with Crippen LogP contribution in [0.15, 0.2) is 76.7 Å². The van der Waals surface area contributed by atoms with E-state index >= 15 is 0 Å². The van der Waals surface area contributed by atoms with Crippen molar-refractivity contribution in [3.05, 3.63) is 98.3 Å². The maximum Gasteiger partial charge on any atom is 0.269 e. The molecule has 10 heteroatoms. The lowest BCUT2D eigenvalue weighted by molar-refractivity contribution is -0.384. The molecule has 184 valence electrons. The molecule has 0 unspecified atom stereocenters. The molecule has 0 aliphatic heterocycles. The molecule has 1 amide bonds. The highest BCUT2D eigenvalue weighted by Crippen LogP contribution is 2.27. The summed E-state index contributed by atoms with van der Waals surface area (Å²) in [4.78, 5) is 41.4. The lowest BCUT2D eigenvalue weighted by atomic mass is 10.1.